The van der Waals surface area contributed by atoms with Gasteiger partial charge in [0, 0.05) is 37.9 Å². The highest BCUT2D eigenvalue weighted by Gasteiger charge is 2.21. The van der Waals surface area contributed by atoms with Gasteiger partial charge < -0.3 is 19.3 Å². The zero-order valence-corrected chi connectivity index (χ0v) is 18.6. The maximum absolute atomic E-state index is 13.2. The number of amides is 1. The van der Waals surface area contributed by atoms with E-state index in [0.29, 0.717) is 43.1 Å². The molecule has 0 aliphatic carbocycles. The zero-order valence-electron chi connectivity index (χ0n) is 18.6. The van der Waals surface area contributed by atoms with Crippen LogP contribution in [-0.2, 0) is 4.74 Å². The number of carbonyl (C=O) groups excluding carboxylic acids is 2. The van der Waals surface area contributed by atoms with Gasteiger partial charge in [-0.3, -0.25) is 4.79 Å². The molecule has 0 unspecified atom stereocenters. The van der Waals surface area contributed by atoms with Gasteiger partial charge in [0.05, 0.1) is 12.2 Å². The average Bonchev–Trinajstić information content (AvgIpc) is 3.11. The molecule has 2 aromatic carbocycles. The molecule has 170 valence electrons. The van der Waals surface area contributed by atoms with Crippen LogP contribution in [0.15, 0.2) is 72.9 Å². The second kappa shape index (κ2) is 10.6. The second-order valence-electron chi connectivity index (χ2n) is 7.70. The molecule has 1 saturated heterocycles. The van der Waals surface area contributed by atoms with Gasteiger partial charge in [-0.15, -0.1) is 0 Å². The molecule has 0 radical (unpaired) electrons. The van der Waals surface area contributed by atoms with E-state index in [0.717, 1.165) is 24.5 Å². The van der Waals surface area contributed by atoms with E-state index in [9.17, 15) is 9.59 Å². The van der Waals surface area contributed by atoms with Crippen LogP contribution in [0.4, 0.5) is 5.82 Å². The van der Waals surface area contributed by atoms with Crippen molar-refractivity contribution in [1.29, 1.82) is 0 Å². The van der Waals surface area contributed by atoms with Gasteiger partial charge >= 0.3 is 5.97 Å². The summed E-state index contributed by atoms with van der Waals surface area (Å²) in [4.78, 5) is 33.4. The lowest BCUT2D eigenvalue weighted by molar-refractivity contribution is 0.0525. The Bertz CT molecular complexity index is 1090. The Kier molecular flexibility index (Phi) is 7.19. The highest BCUT2D eigenvalue weighted by atomic mass is 16.5. The molecule has 3 aromatic rings. The first-order chi connectivity index (χ1) is 16.1. The highest BCUT2D eigenvalue weighted by molar-refractivity contribution is 5.94. The normalized spacial score (nSPS) is 13.8. The largest absolute Gasteiger partial charge is 0.462 e. The molecule has 4 rings (SSSR count). The molecule has 7 nitrogen and oxygen atoms in total. The van der Waals surface area contributed by atoms with Crippen molar-refractivity contribution in [3.8, 4) is 11.5 Å². The molecule has 0 N–H and O–H groups in total. The van der Waals surface area contributed by atoms with Crippen molar-refractivity contribution >= 4 is 17.7 Å². The number of esters is 1. The standard InChI is InChI=1S/C26H27N3O4/c1-2-32-26(31)21-12-13-24(27-19-21)28-14-7-15-29(17-16-28)25(30)20-8-6-11-23(18-20)33-22-9-4-3-5-10-22/h3-6,8-13,18-19H,2,7,14-17H2,1H3. The van der Waals surface area contributed by atoms with Gasteiger partial charge in [0.2, 0.25) is 0 Å². The summed E-state index contributed by atoms with van der Waals surface area (Å²) in [7, 11) is 0. The zero-order chi connectivity index (χ0) is 23.0. The number of carbonyl (C=O) groups is 2. The Hall–Kier alpha value is -3.87. The molecule has 0 saturated carbocycles. The molecular weight excluding hydrogens is 418 g/mol. The van der Waals surface area contributed by atoms with E-state index in [1.165, 1.54) is 0 Å². The van der Waals surface area contributed by atoms with E-state index in [1.807, 2.05) is 59.5 Å². The third-order valence-electron chi connectivity index (χ3n) is 5.43. The molecule has 1 fully saturated rings. The van der Waals surface area contributed by atoms with E-state index in [2.05, 4.69) is 9.88 Å². The van der Waals surface area contributed by atoms with Gasteiger partial charge in [0.1, 0.15) is 17.3 Å². The molecular formula is C26H27N3O4. The van der Waals surface area contributed by atoms with Crippen LogP contribution in [0.1, 0.15) is 34.1 Å². The lowest BCUT2D eigenvalue weighted by atomic mass is 10.2. The summed E-state index contributed by atoms with van der Waals surface area (Å²) >= 11 is 0. The number of anilines is 1. The summed E-state index contributed by atoms with van der Waals surface area (Å²) in [6.07, 6.45) is 2.37. The minimum Gasteiger partial charge on any atom is -0.462 e. The van der Waals surface area contributed by atoms with Crippen molar-refractivity contribution in [2.24, 2.45) is 0 Å². The summed E-state index contributed by atoms with van der Waals surface area (Å²) in [6, 6.07) is 20.4. The van der Waals surface area contributed by atoms with Crippen LogP contribution < -0.4 is 9.64 Å². The Morgan fingerprint density at radius 2 is 1.70 bits per heavy atom. The monoisotopic (exact) mass is 445 g/mol. The smallest absolute Gasteiger partial charge is 0.339 e. The Labute approximate surface area is 193 Å². The molecule has 1 aliphatic rings. The maximum Gasteiger partial charge on any atom is 0.339 e. The molecule has 0 bridgehead atoms. The predicted molar refractivity (Wildman–Crippen MR) is 126 cm³/mol. The summed E-state index contributed by atoms with van der Waals surface area (Å²) in [6.45, 7) is 4.81. The molecule has 1 aliphatic heterocycles. The third-order valence-corrected chi connectivity index (χ3v) is 5.43. The minimum atomic E-state index is -0.373. The molecule has 0 atom stereocenters. The number of aromatic nitrogens is 1. The fraction of sp³-hybridized carbons (Fsp3) is 0.269. The van der Waals surface area contributed by atoms with Crippen LogP contribution in [0.5, 0.6) is 11.5 Å². The number of para-hydroxylation sites is 1. The van der Waals surface area contributed by atoms with Crippen LogP contribution in [0, 0.1) is 0 Å². The van der Waals surface area contributed by atoms with Gasteiger partial charge in [-0.25, -0.2) is 9.78 Å². The van der Waals surface area contributed by atoms with Gasteiger partial charge in [0.15, 0.2) is 0 Å². The first kappa shape index (κ1) is 22.3. The number of benzene rings is 2. The van der Waals surface area contributed by atoms with Crippen LogP contribution >= 0.6 is 0 Å². The van der Waals surface area contributed by atoms with Gasteiger partial charge in [0.25, 0.3) is 5.91 Å². The predicted octanol–water partition coefficient (Wildman–Crippen LogP) is 4.40. The van der Waals surface area contributed by atoms with Crippen LogP contribution in [0.25, 0.3) is 0 Å². The Balaban J connectivity index is 1.39. The number of ether oxygens (including phenoxy) is 2. The topological polar surface area (TPSA) is 72.0 Å². The van der Waals surface area contributed by atoms with Crippen LogP contribution in [-0.4, -0.2) is 54.5 Å². The number of rotatable bonds is 6. The molecule has 1 amide bonds. The van der Waals surface area contributed by atoms with Crippen molar-refractivity contribution in [3.63, 3.8) is 0 Å². The number of hydrogen-bond acceptors (Lipinski definition) is 6. The van der Waals surface area contributed by atoms with Crippen molar-refractivity contribution in [1.82, 2.24) is 9.88 Å². The third kappa shape index (κ3) is 5.68. The van der Waals surface area contributed by atoms with E-state index in [1.54, 1.807) is 25.3 Å². The van der Waals surface area contributed by atoms with Gasteiger partial charge in [-0.2, -0.15) is 0 Å². The molecule has 0 spiro atoms. The number of hydrogen-bond donors (Lipinski definition) is 0. The Morgan fingerprint density at radius 1 is 0.879 bits per heavy atom. The van der Waals surface area contributed by atoms with Crippen molar-refractivity contribution in [2.75, 3.05) is 37.7 Å². The lowest BCUT2D eigenvalue weighted by Gasteiger charge is -2.23. The summed E-state index contributed by atoms with van der Waals surface area (Å²) in [5.74, 6) is 1.77. The summed E-state index contributed by atoms with van der Waals surface area (Å²) in [5.41, 5.74) is 1.04. The first-order valence-electron chi connectivity index (χ1n) is 11.1. The SMILES string of the molecule is CCOC(=O)c1ccc(N2CCCN(C(=O)c3cccc(Oc4ccccc4)c3)CC2)nc1. The molecule has 7 heteroatoms. The molecule has 33 heavy (non-hydrogen) atoms. The summed E-state index contributed by atoms with van der Waals surface area (Å²) < 4.78 is 10.9. The van der Waals surface area contributed by atoms with Crippen molar-refractivity contribution in [2.45, 2.75) is 13.3 Å². The summed E-state index contributed by atoms with van der Waals surface area (Å²) in [5, 5.41) is 0. The number of pyridine rings is 1. The van der Waals surface area contributed by atoms with E-state index >= 15 is 0 Å². The fourth-order valence-corrected chi connectivity index (χ4v) is 3.76. The lowest BCUT2D eigenvalue weighted by Crippen LogP contribution is -2.35. The molecule has 2 heterocycles. The number of nitrogens with zero attached hydrogens (tertiary/aromatic N) is 3. The average molecular weight is 446 g/mol. The fourth-order valence-electron chi connectivity index (χ4n) is 3.76. The maximum atomic E-state index is 13.2. The van der Waals surface area contributed by atoms with E-state index in [-0.39, 0.29) is 11.9 Å². The Morgan fingerprint density at radius 3 is 2.45 bits per heavy atom. The van der Waals surface area contributed by atoms with E-state index in [4.69, 9.17) is 9.47 Å². The van der Waals surface area contributed by atoms with Gasteiger partial charge in [-0.1, -0.05) is 24.3 Å². The second-order valence-corrected chi connectivity index (χ2v) is 7.70. The molecule has 1 aromatic heterocycles. The minimum absolute atomic E-state index is 0.0130. The highest BCUT2D eigenvalue weighted by Crippen LogP contribution is 2.23. The quantitative estimate of drug-likeness (QED) is 0.524. The van der Waals surface area contributed by atoms with Crippen LogP contribution in [0.2, 0.25) is 0 Å². The van der Waals surface area contributed by atoms with Gasteiger partial charge in [-0.05, 0) is 55.8 Å². The van der Waals surface area contributed by atoms with Crippen molar-refractivity contribution < 1.29 is 19.1 Å². The first-order valence-corrected chi connectivity index (χ1v) is 11.1. The van der Waals surface area contributed by atoms with Crippen molar-refractivity contribution in [3.05, 3.63) is 84.1 Å². The van der Waals surface area contributed by atoms with Crippen LogP contribution in [0.3, 0.4) is 0 Å². The van der Waals surface area contributed by atoms with E-state index < -0.39 is 0 Å².